The summed E-state index contributed by atoms with van der Waals surface area (Å²) in [5, 5.41) is 6.02. The SMILES string of the molecule is CCOc1ccc(NC(=O)NCC2CN(c3ccc(Cl)cc3)C(=O)O2)cc1. The van der Waals surface area contributed by atoms with Gasteiger partial charge in [-0.2, -0.15) is 0 Å². The minimum absolute atomic E-state index is 0.207. The van der Waals surface area contributed by atoms with Crippen molar-refractivity contribution in [3.8, 4) is 5.75 Å². The lowest BCUT2D eigenvalue weighted by Crippen LogP contribution is -2.37. The molecule has 1 atom stereocenters. The van der Waals surface area contributed by atoms with Gasteiger partial charge in [0.25, 0.3) is 0 Å². The standard InChI is InChI=1S/C19H20ClN3O4/c1-2-26-16-9-5-14(6-10-16)22-18(24)21-11-17-12-23(19(25)27-17)15-7-3-13(20)4-8-15/h3-10,17H,2,11-12H2,1H3,(H2,21,22,24). The van der Waals surface area contributed by atoms with Crippen LogP contribution in [0.4, 0.5) is 21.0 Å². The van der Waals surface area contributed by atoms with E-state index >= 15 is 0 Å². The van der Waals surface area contributed by atoms with Crippen LogP contribution in [0.25, 0.3) is 0 Å². The van der Waals surface area contributed by atoms with Crippen molar-refractivity contribution in [1.29, 1.82) is 0 Å². The van der Waals surface area contributed by atoms with E-state index in [4.69, 9.17) is 21.1 Å². The van der Waals surface area contributed by atoms with Crippen molar-refractivity contribution in [1.82, 2.24) is 5.32 Å². The van der Waals surface area contributed by atoms with Crippen molar-refractivity contribution in [3.63, 3.8) is 0 Å². The number of anilines is 2. The molecule has 0 radical (unpaired) electrons. The summed E-state index contributed by atoms with van der Waals surface area (Å²) in [6.07, 6.45) is -0.879. The predicted molar refractivity (Wildman–Crippen MR) is 104 cm³/mol. The normalized spacial score (nSPS) is 16.0. The minimum Gasteiger partial charge on any atom is -0.494 e. The zero-order valence-corrected chi connectivity index (χ0v) is 15.5. The summed E-state index contributed by atoms with van der Waals surface area (Å²) in [6, 6.07) is 13.6. The molecule has 0 bridgehead atoms. The van der Waals surface area contributed by atoms with Crippen molar-refractivity contribution >= 4 is 35.1 Å². The Balaban J connectivity index is 1.47. The fraction of sp³-hybridized carbons (Fsp3) is 0.263. The molecule has 0 spiro atoms. The van der Waals surface area contributed by atoms with Crippen LogP contribution in [0, 0.1) is 0 Å². The number of hydrogen-bond donors (Lipinski definition) is 2. The number of cyclic esters (lactones) is 1. The highest BCUT2D eigenvalue weighted by atomic mass is 35.5. The Hall–Kier alpha value is -2.93. The molecular formula is C19H20ClN3O4. The Morgan fingerprint density at radius 2 is 1.93 bits per heavy atom. The van der Waals surface area contributed by atoms with Crippen molar-refractivity contribution < 1.29 is 19.1 Å². The van der Waals surface area contributed by atoms with E-state index < -0.39 is 12.2 Å². The Labute approximate surface area is 162 Å². The number of carbonyl (C=O) groups is 2. The Morgan fingerprint density at radius 1 is 1.22 bits per heavy atom. The number of amides is 3. The van der Waals surface area contributed by atoms with Gasteiger partial charge in [-0.3, -0.25) is 4.90 Å². The molecule has 3 amide bonds. The van der Waals surface area contributed by atoms with Gasteiger partial charge < -0.3 is 20.1 Å². The lowest BCUT2D eigenvalue weighted by molar-refractivity contribution is 0.141. The zero-order chi connectivity index (χ0) is 19.2. The molecule has 0 aliphatic carbocycles. The minimum atomic E-state index is -0.448. The largest absolute Gasteiger partial charge is 0.494 e. The Morgan fingerprint density at radius 3 is 2.59 bits per heavy atom. The van der Waals surface area contributed by atoms with Crippen LogP contribution >= 0.6 is 11.6 Å². The number of ether oxygens (including phenoxy) is 2. The topological polar surface area (TPSA) is 79.9 Å². The Kier molecular flexibility index (Phi) is 6.03. The molecule has 2 N–H and O–H groups in total. The second-order valence-corrected chi connectivity index (χ2v) is 6.32. The average molecular weight is 390 g/mol. The molecule has 0 aromatic heterocycles. The summed E-state index contributed by atoms with van der Waals surface area (Å²) in [5.41, 5.74) is 1.34. The van der Waals surface area contributed by atoms with Gasteiger partial charge in [0.15, 0.2) is 0 Å². The van der Waals surface area contributed by atoms with E-state index in [1.165, 1.54) is 4.90 Å². The van der Waals surface area contributed by atoms with Crippen molar-refractivity contribution in [2.75, 3.05) is 29.9 Å². The van der Waals surface area contributed by atoms with E-state index in [1.807, 2.05) is 6.92 Å². The molecular weight excluding hydrogens is 370 g/mol. The van der Waals surface area contributed by atoms with Gasteiger partial charge >= 0.3 is 12.1 Å². The third-order valence-electron chi connectivity index (χ3n) is 3.93. The quantitative estimate of drug-likeness (QED) is 0.785. The van der Waals surface area contributed by atoms with Crippen LogP contribution in [0.3, 0.4) is 0 Å². The Bertz CT molecular complexity index is 796. The van der Waals surface area contributed by atoms with Gasteiger partial charge in [0, 0.05) is 16.4 Å². The molecule has 1 fully saturated rings. The lowest BCUT2D eigenvalue weighted by atomic mass is 10.2. The van der Waals surface area contributed by atoms with Crippen LogP contribution in [-0.2, 0) is 4.74 Å². The highest BCUT2D eigenvalue weighted by Crippen LogP contribution is 2.23. The average Bonchev–Trinajstić information content (AvgIpc) is 3.03. The third kappa shape index (κ3) is 5.04. The molecule has 1 heterocycles. The molecule has 1 unspecified atom stereocenters. The number of benzene rings is 2. The summed E-state index contributed by atoms with van der Waals surface area (Å²) in [7, 11) is 0. The summed E-state index contributed by atoms with van der Waals surface area (Å²) in [4.78, 5) is 25.6. The van der Waals surface area contributed by atoms with Crippen LogP contribution in [0.15, 0.2) is 48.5 Å². The molecule has 8 heteroatoms. The summed E-state index contributed by atoms with van der Waals surface area (Å²) in [6.45, 7) is 3.05. The molecule has 3 rings (SSSR count). The van der Waals surface area contributed by atoms with Crippen LogP contribution in [0.2, 0.25) is 5.02 Å². The van der Waals surface area contributed by atoms with Crippen LogP contribution in [0.5, 0.6) is 5.75 Å². The number of nitrogens with one attached hydrogen (secondary N) is 2. The van der Waals surface area contributed by atoms with Crippen molar-refractivity contribution in [2.45, 2.75) is 13.0 Å². The van der Waals surface area contributed by atoms with Crippen LogP contribution in [0.1, 0.15) is 6.92 Å². The molecule has 0 saturated carbocycles. The first kappa shape index (κ1) is 18.8. The maximum Gasteiger partial charge on any atom is 0.414 e. The zero-order valence-electron chi connectivity index (χ0n) is 14.8. The fourth-order valence-corrected chi connectivity index (χ4v) is 2.77. The lowest BCUT2D eigenvalue weighted by Gasteiger charge is -2.13. The van der Waals surface area contributed by atoms with E-state index in [-0.39, 0.29) is 12.6 Å². The van der Waals surface area contributed by atoms with E-state index in [0.717, 1.165) is 5.75 Å². The number of urea groups is 1. The van der Waals surface area contributed by atoms with E-state index in [1.54, 1.807) is 48.5 Å². The maximum absolute atomic E-state index is 12.0. The van der Waals surface area contributed by atoms with Crippen molar-refractivity contribution in [2.24, 2.45) is 0 Å². The van der Waals surface area contributed by atoms with E-state index in [9.17, 15) is 9.59 Å². The van der Waals surface area contributed by atoms with E-state index in [2.05, 4.69) is 10.6 Å². The molecule has 7 nitrogen and oxygen atoms in total. The number of hydrogen-bond acceptors (Lipinski definition) is 4. The number of halogens is 1. The highest BCUT2D eigenvalue weighted by Gasteiger charge is 2.32. The molecule has 1 aliphatic heterocycles. The fourth-order valence-electron chi connectivity index (χ4n) is 2.64. The number of carbonyl (C=O) groups excluding carboxylic acids is 2. The van der Waals surface area contributed by atoms with Gasteiger partial charge in [-0.05, 0) is 55.5 Å². The molecule has 1 aliphatic rings. The van der Waals surface area contributed by atoms with Crippen molar-refractivity contribution in [3.05, 3.63) is 53.6 Å². The third-order valence-corrected chi connectivity index (χ3v) is 4.18. The smallest absolute Gasteiger partial charge is 0.414 e. The van der Waals surface area contributed by atoms with Gasteiger partial charge in [0.05, 0.1) is 19.7 Å². The first-order valence-electron chi connectivity index (χ1n) is 8.56. The van der Waals surface area contributed by atoms with E-state index in [0.29, 0.717) is 29.5 Å². The van der Waals surface area contributed by atoms with Gasteiger partial charge in [-0.15, -0.1) is 0 Å². The highest BCUT2D eigenvalue weighted by molar-refractivity contribution is 6.30. The second kappa shape index (κ2) is 8.64. The molecule has 142 valence electrons. The first-order valence-corrected chi connectivity index (χ1v) is 8.94. The van der Waals surface area contributed by atoms with Crippen LogP contribution in [-0.4, -0.2) is 37.9 Å². The summed E-state index contributed by atoms with van der Waals surface area (Å²) < 4.78 is 10.7. The second-order valence-electron chi connectivity index (χ2n) is 5.89. The van der Waals surface area contributed by atoms with Gasteiger partial charge in [0.2, 0.25) is 0 Å². The van der Waals surface area contributed by atoms with Gasteiger partial charge in [0.1, 0.15) is 11.9 Å². The van der Waals surface area contributed by atoms with Gasteiger partial charge in [-0.25, -0.2) is 9.59 Å². The summed E-state index contributed by atoms with van der Waals surface area (Å²) in [5.74, 6) is 0.739. The monoisotopic (exact) mass is 389 g/mol. The molecule has 27 heavy (non-hydrogen) atoms. The predicted octanol–water partition coefficient (Wildman–Crippen LogP) is 3.89. The molecule has 2 aromatic carbocycles. The summed E-state index contributed by atoms with van der Waals surface area (Å²) >= 11 is 5.86. The number of rotatable bonds is 6. The maximum atomic E-state index is 12.0. The molecule has 2 aromatic rings. The first-order chi connectivity index (χ1) is 13.0. The molecule has 1 saturated heterocycles. The van der Waals surface area contributed by atoms with Crippen LogP contribution < -0.4 is 20.3 Å². The van der Waals surface area contributed by atoms with Gasteiger partial charge in [-0.1, -0.05) is 11.6 Å². The number of nitrogens with zero attached hydrogens (tertiary/aromatic N) is 1.